The third kappa shape index (κ3) is 6.35. The number of aromatic nitrogens is 3. The molecule has 0 unspecified atom stereocenters. The number of aromatic amines is 2. The zero-order chi connectivity index (χ0) is 30.6. The van der Waals surface area contributed by atoms with E-state index in [1.54, 1.807) is 6.20 Å². The Hall–Kier alpha value is -4.57. The van der Waals surface area contributed by atoms with Crippen LogP contribution in [0.4, 0.5) is 5.69 Å². The molecule has 0 radical (unpaired) electrons. The number of rotatable bonds is 9. The summed E-state index contributed by atoms with van der Waals surface area (Å²) in [4.78, 5) is 37.4. The lowest BCUT2D eigenvalue weighted by atomic mass is 9.85. The average Bonchev–Trinajstić information content (AvgIpc) is 3.45. The Bertz CT molecular complexity index is 1710. The van der Waals surface area contributed by atoms with Crippen molar-refractivity contribution >= 4 is 22.6 Å². The molecule has 0 aliphatic carbocycles. The van der Waals surface area contributed by atoms with Gasteiger partial charge in [-0.15, -0.1) is 0 Å². The average molecular weight is 591 g/mol. The second kappa shape index (κ2) is 13.0. The summed E-state index contributed by atoms with van der Waals surface area (Å²) in [6, 6.07) is 24.5. The third-order valence-electron chi connectivity index (χ3n) is 8.55. The molecule has 0 bridgehead atoms. The zero-order valence-electron chi connectivity index (χ0n) is 25.0. The molecule has 3 heterocycles. The minimum absolute atomic E-state index is 0.0302. The van der Waals surface area contributed by atoms with Crippen molar-refractivity contribution in [3.63, 3.8) is 0 Å². The molecule has 9 nitrogen and oxygen atoms in total. The Balaban J connectivity index is 1.11. The van der Waals surface area contributed by atoms with Gasteiger partial charge < -0.3 is 31.1 Å². The number of pyridine rings is 1. The van der Waals surface area contributed by atoms with Crippen molar-refractivity contribution in [1.29, 1.82) is 0 Å². The molecule has 1 saturated heterocycles. The number of H-pyrrole nitrogens is 2. The van der Waals surface area contributed by atoms with E-state index < -0.39 is 11.9 Å². The van der Waals surface area contributed by atoms with Crippen molar-refractivity contribution in [3.8, 4) is 0 Å². The van der Waals surface area contributed by atoms with E-state index in [1.165, 1.54) is 11.1 Å². The summed E-state index contributed by atoms with van der Waals surface area (Å²) in [5, 5.41) is 6.41. The lowest BCUT2D eigenvalue weighted by Gasteiger charge is -2.29. The Labute approximate surface area is 256 Å². The Kier molecular flexibility index (Phi) is 8.70. The molecule has 3 aromatic carbocycles. The number of morpholine rings is 1. The molecule has 1 fully saturated rings. The summed E-state index contributed by atoms with van der Waals surface area (Å²) in [5.41, 5.74) is 13.5. The lowest BCUT2D eigenvalue weighted by molar-refractivity contribution is -0.117. The summed E-state index contributed by atoms with van der Waals surface area (Å²) in [6.45, 7) is 5.31. The first-order valence-electron chi connectivity index (χ1n) is 15.1. The third-order valence-corrected chi connectivity index (χ3v) is 8.55. The van der Waals surface area contributed by atoms with Crippen LogP contribution in [-0.4, -0.2) is 46.2 Å². The van der Waals surface area contributed by atoms with E-state index in [1.807, 2.05) is 66.7 Å². The Morgan fingerprint density at radius 1 is 1.02 bits per heavy atom. The van der Waals surface area contributed by atoms with Crippen LogP contribution in [0.2, 0.25) is 0 Å². The topological polar surface area (TPSA) is 138 Å². The van der Waals surface area contributed by atoms with Gasteiger partial charge in [0.15, 0.2) is 0 Å². The van der Waals surface area contributed by atoms with E-state index in [9.17, 15) is 9.59 Å². The van der Waals surface area contributed by atoms with Gasteiger partial charge in [-0.3, -0.25) is 9.59 Å². The molecule has 44 heavy (non-hydrogen) atoms. The van der Waals surface area contributed by atoms with Gasteiger partial charge in [0.05, 0.1) is 35.8 Å². The van der Waals surface area contributed by atoms with Crippen LogP contribution in [0.5, 0.6) is 0 Å². The SMILES string of the molecule is Cc1cc2nc([C@@H]3CO[C@H](CCc4cc[nH]c(=O)c4NC(=O)[C@@H](N)C(c4ccccc4)c4ccccc4)CN3)[nH]c2cc1C. The van der Waals surface area contributed by atoms with Crippen LogP contribution in [0.25, 0.3) is 11.0 Å². The summed E-state index contributed by atoms with van der Waals surface area (Å²) in [7, 11) is 0. The number of benzene rings is 3. The molecule has 1 aliphatic rings. The second-order valence-corrected chi connectivity index (χ2v) is 11.6. The van der Waals surface area contributed by atoms with Gasteiger partial charge in [-0.1, -0.05) is 60.7 Å². The molecule has 5 aromatic rings. The van der Waals surface area contributed by atoms with Crippen LogP contribution in [0.3, 0.4) is 0 Å². The number of fused-ring (bicyclic) bond motifs is 1. The summed E-state index contributed by atoms with van der Waals surface area (Å²) >= 11 is 0. The predicted molar refractivity (Wildman–Crippen MR) is 173 cm³/mol. The minimum Gasteiger partial charge on any atom is -0.375 e. The number of aryl methyl sites for hydroxylation is 3. The van der Waals surface area contributed by atoms with Crippen LogP contribution in [-0.2, 0) is 16.0 Å². The first-order chi connectivity index (χ1) is 21.4. The van der Waals surface area contributed by atoms with Gasteiger partial charge in [-0.25, -0.2) is 4.98 Å². The molecule has 0 saturated carbocycles. The fourth-order valence-corrected chi connectivity index (χ4v) is 5.91. The molecule has 2 aromatic heterocycles. The number of carbonyl (C=O) groups is 1. The highest BCUT2D eigenvalue weighted by Gasteiger charge is 2.29. The van der Waals surface area contributed by atoms with Crippen molar-refractivity contribution in [3.05, 3.63) is 129 Å². The number of nitrogens with zero attached hydrogens (tertiary/aromatic N) is 1. The molecule has 226 valence electrons. The minimum atomic E-state index is -0.916. The fourth-order valence-electron chi connectivity index (χ4n) is 5.91. The van der Waals surface area contributed by atoms with E-state index in [-0.39, 0.29) is 29.3 Å². The van der Waals surface area contributed by atoms with Crippen molar-refractivity contribution in [2.75, 3.05) is 18.5 Å². The van der Waals surface area contributed by atoms with Gasteiger partial charge >= 0.3 is 0 Å². The normalized spacial score (nSPS) is 17.5. The standard InChI is InChI=1S/C35H38N6O3/c1-21-17-27-28(18-22(21)2)40-33(39-27)29-20-44-26(19-38-29)14-13-25-15-16-37-35(43)32(25)41-34(42)31(36)30(23-9-5-3-6-10-23)24-11-7-4-8-12-24/h3-12,15-18,26,29-31,38H,13-14,19-20,36H2,1-2H3,(H,37,43)(H,39,40)(H,41,42)/t26-,29+,31+/m1/s1. The molecule has 0 spiro atoms. The van der Waals surface area contributed by atoms with Gasteiger partial charge in [0, 0.05) is 18.7 Å². The highest BCUT2D eigenvalue weighted by Crippen LogP contribution is 2.28. The molecule has 9 heteroatoms. The summed E-state index contributed by atoms with van der Waals surface area (Å²) < 4.78 is 6.21. The smallest absolute Gasteiger partial charge is 0.271 e. The number of ether oxygens (including phenoxy) is 1. The maximum absolute atomic E-state index is 13.6. The maximum atomic E-state index is 13.6. The van der Waals surface area contributed by atoms with E-state index >= 15 is 0 Å². The van der Waals surface area contributed by atoms with Gasteiger partial charge in [-0.2, -0.15) is 0 Å². The molecular formula is C35H38N6O3. The summed E-state index contributed by atoms with van der Waals surface area (Å²) in [6.07, 6.45) is 2.78. The number of nitrogens with two attached hydrogens (primary N) is 1. The van der Waals surface area contributed by atoms with E-state index in [0.717, 1.165) is 33.5 Å². The molecule has 6 rings (SSSR count). The summed E-state index contributed by atoms with van der Waals surface area (Å²) in [5.74, 6) is 0.0668. The molecule has 3 atom stereocenters. The van der Waals surface area contributed by atoms with E-state index in [4.69, 9.17) is 15.5 Å². The largest absolute Gasteiger partial charge is 0.375 e. The predicted octanol–water partition coefficient (Wildman–Crippen LogP) is 4.63. The number of imidazole rings is 1. The first-order valence-corrected chi connectivity index (χ1v) is 15.1. The Morgan fingerprint density at radius 2 is 1.70 bits per heavy atom. The number of hydrogen-bond acceptors (Lipinski definition) is 6. The van der Waals surface area contributed by atoms with Gasteiger partial charge in [0.25, 0.3) is 5.56 Å². The number of anilines is 1. The van der Waals surface area contributed by atoms with Gasteiger partial charge in [0.2, 0.25) is 5.91 Å². The fraction of sp³-hybridized carbons (Fsp3) is 0.286. The Morgan fingerprint density at radius 3 is 2.36 bits per heavy atom. The van der Waals surface area contributed by atoms with Crippen molar-refractivity contribution in [1.82, 2.24) is 20.3 Å². The highest BCUT2D eigenvalue weighted by molar-refractivity contribution is 5.96. The molecule has 6 N–H and O–H groups in total. The van der Waals surface area contributed by atoms with E-state index in [0.29, 0.717) is 26.0 Å². The lowest BCUT2D eigenvalue weighted by Crippen LogP contribution is -2.42. The quantitative estimate of drug-likeness (QED) is 0.170. The number of amides is 1. The van der Waals surface area contributed by atoms with Crippen LogP contribution in [0.15, 0.2) is 89.9 Å². The van der Waals surface area contributed by atoms with Crippen molar-refractivity contribution < 1.29 is 9.53 Å². The molecule has 1 aliphatic heterocycles. The molecule has 1 amide bonds. The van der Waals surface area contributed by atoms with Crippen LogP contribution in [0.1, 0.15) is 52.0 Å². The van der Waals surface area contributed by atoms with Gasteiger partial charge in [0.1, 0.15) is 11.5 Å². The first kappa shape index (κ1) is 29.5. The van der Waals surface area contributed by atoms with Crippen molar-refractivity contribution in [2.45, 2.75) is 50.8 Å². The molecular weight excluding hydrogens is 552 g/mol. The van der Waals surface area contributed by atoms with Crippen LogP contribution >= 0.6 is 0 Å². The number of hydrogen-bond donors (Lipinski definition) is 5. The van der Waals surface area contributed by atoms with Gasteiger partial charge in [-0.05, 0) is 72.7 Å². The van der Waals surface area contributed by atoms with E-state index in [2.05, 4.69) is 46.6 Å². The highest BCUT2D eigenvalue weighted by atomic mass is 16.5. The number of nitrogens with one attached hydrogen (secondary N) is 4. The van der Waals surface area contributed by atoms with Crippen LogP contribution < -0.4 is 21.9 Å². The second-order valence-electron chi connectivity index (χ2n) is 11.6. The number of carbonyl (C=O) groups excluding carboxylic acids is 1. The maximum Gasteiger partial charge on any atom is 0.271 e. The monoisotopic (exact) mass is 590 g/mol. The zero-order valence-corrected chi connectivity index (χ0v) is 25.0. The van der Waals surface area contributed by atoms with Crippen LogP contribution in [0, 0.1) is 13.8 Å². The van der Waals surface area contributed by atoms with Crippen molar-refractivity contribution in [2.24, 2.45) is 5.73 Å².